The van der Waals surface area contributed by atoms with Gasteiger partial charge in [0.1, 0.15) is 11.6 Å². The first-order valence-corrected chi connectivity index (χ1v) is 7.22. The predicted octanol–water partition coefficient (Wildman–Crippen LogP) is 4.39. The third-order valence-electron chi connectivity index (χ3n) is 3.69. The summed E-state index contributed by atoms with van der Waals surface area (Å²) < 4.78 is 26.5. The van der Waals surface area contributed by atoms with Crippen LogP contribution in [0.3, 0.4) is 0 Å². The van der Waals surface area contributed by atoms with E-state index in [0.29, 0.717) is 6.54 Å². The number of halogens is 2. The lowest BCUT2D eigenvalue weighted by Crippen LogP contribution is -2.26. The van der Waals surface area contributed by atoms with E-state index in [1.54, 1.807) is 7.05 Å². The highest BCUT2D eigenvalue weighted by Gasteiger charge is 2.14. The normalized spacial score (nSPS) is 10.7. The van der Waals surface area contributed by atoms with Gasteiger partial charge in [-0.25, -0.2) is 8.78 Å². The van der Waals surface area contributed by atoms with Crippen molar-refractivity contribution < 1.29 is 13.6 Å². The molecule has 116 valence electrons. The lowest BCUT2D eigenvalue weighted by molar-refractivity contribution is 0.0784. The number of rotatable bonds is 3. The predicted molar refractivity (Wildman–Crippen MR) is 86.1 cm³/mol. The first kappa shape index (κ1) is 15.2. The summed E-state index contributed by atoms with van der Waals surface area (Å²) in [6.07, 6.45) is 0. The number of amides is 1. The van der Waals surface area contributed by atoms with Crippen LogP contribution in [0.25, 0.3) is 10.8 Å². The molecule has 3 rings (SSSR count). The number of carbonyl (C=O) groups is 1. The standard InChI is InChI=1S/C19H15F2NO/c1-22(19(23)16-9-17(20)11-18(21)10-16)12-13-6-7-14-4-2-3-5-15(14)8-13/h2-11H,12H2,1H3. The highest BCUT2D eigenvalue weighted by atomic mass is 19.1. The summed E-state index contributed by atoms with van der Waals surface area (Å²) in [4.78, 5) is 13.8. The molecule has 0 heterocycles. The van der Waals surface area contributed by atoms with Gasteiger partial charge in [0, 0.05) is 25.2 Å². The number of nitrogens with zero attached hydrogens (tertiary/aromatic N) is 1. The Morgan fingerprint density at radius 2 is 1.57 bits per heavy atom. The van der Waals surface area contributed by atoms with Crippen molar-refractivity contribution >= 4 is 16.7 Å². The Hall–Kier alpha value is -2.75. The van der Waals surface area contributed by atoms with Crippen LogP contribution in [0.1, 0.15) is 15.9 Å². The van der Waals surface area contributed by atoms with Crippen molar-refractivity contribution in [2.24, 2.45) is 0 Å². The summed E-state index contributed by atoms with van der Waals surface area (Å²) in [5, 5.41) is 2.21. The Bertz CT molecular complexity index is 856. The number of benzene rings is 3. The second-order valence-electron chi connectivity index (χ2n) is 5.50. The summed E-state index contributed by atoms with van der Waals surface area (Å²) >= 11 is 0. The van der Waals surface area contributed by atoms with Crippen molar-refractivity contribution in [2.45, 2.75) is 6.54 Å². The minimum absolute atomic E-state index is 0.00536. The van der Waals surface area contributed by atoms with Crippen molar-refractivity contribution in [1.82, 2.24) is 4.90 Å². The maximum atomic E-state index is 13.2. The Kier molecular flexibility index (Phi) is 4.06. The van der Waals surface area contributed by atoms with Gasteiger partial charge in [0.2, 0.25) is 0 Å². The van der Waals surface area contributed by atoms with Crippen LogP contribution in [-0.4, -0.2) is 17.9 Å². The molecule has 0 saturated carbocycles. The molecule has 1 amide bonds. The van der Waals surface area contributed by atoms with Crippen molar-refractivity contribution in [3.8, 4) is 0 Å². The molecule has 0 spiro atoms. The van der Waals surface area contributed by atoms with Crippen LogP contribution in [0, 0.1) is 11.6 Å². The van der Waals surface area contributed by atoms with E-state index in [4.69, 9.17) is 0 Å². The first-order chi connectivity index (χ1) is 11.0. The van der Waals surface area contributed by atoms with Crippen LogP contribution in [0.2, 0.25) is 0 Å². The molecule has 0 saturated heterocycles. The van der Waals surface area contributed by atoms with E-state index in [2.05, 4.69) is 0 Å². The topological polar surface area (TPSA) is 20.3 Å². The molecule has 4 heteroatoms. The third kappa shape index (κ3) is 3.37. The monoisotopic (exact) mass is 311 g/mol. The summed E-state index contributed by atoms with van der Waals surface area (Å²) in [5.41, 5.74) is 0.960. The largest absolute Gasteiger partial charge is 0.337 e. The fourth-order valence-electron chi connectivity index (χ4n) is 2.58. The van der Waals surface area contributed by atoms with E-state index in [0.717, 1.165) is 34.5 Å². The van der Waals surface area contributed by atoms with Crippen molar-refractivity contribution in [3.05, 3.63) is 83.4 Å². The van der Waals surface area contributed by atoms with E-state index >= 15 is 0 Å². The third-order valence-corrected chi connectivity index (χ3v) is 3.69. The lowest BCUT2D eigenvalue weighted by Gasteiger charge is -2.18. The first-order valence-electron chi connectivity index (χ1n) is 7.22. The Morgan fingerprint density at radius 1 is 0.913 bits per heavy atom. The molecule has 0 radical (unpaired) electrons. The van der Waals surface area contributed by atoms with Gasteiger partial charge in [-0.15, -0.1) is 0 Å². The van der Waals surface area contributed by atoms with Crippen molar-refractivity contribution in [2.75, 3.05) is 7.05 Å². The molecule has 23 heavy (non-hydrogen) atoms. The fraction of sp³-hybridized carbons (Fsp3) is 0.105. The highest BCUT2D eigenvalue weighted by Crippen LogP contribution is 2.17. The van der Waals surface area contributed by atoms with Gasteiger partial charge < -0.3 is 4.90 Å². The van der Waals surface area contributed by atoms with Gasteiger partial charge >= 0.3 is 0 Å². The molecule has 3 aromatic rings. The summed E-state index contributed by atoms with van der Waals surface area (Å²) in [5.74, 6) is -1.93. The van der Waals surface area contributed by atoms with Gasteiger partial charge in [-0.2, -0.15) is 0 Å². The molecule has 0 aliphatic rings. The molecule has 0 fully saturated rings. The van der Waals surface area contributed by atoms with Crippen LogP contribution in [0.4, 0.5) is 8.78 Å². The molecule has 0 bridgehead atoms. The minimum Gasteiger partial charge on any atom is -0.337 e. The molecule has 0 aromatic heterocycles. The zero-order valence-corrected chi connectivity index (χ0v) is 12.6. The van der Waals surface area contributed by atoms with E-state index in [1.165, 1.54) is 4.90 Å². The van der Waals surface area contributed by atoms with E-state index in [9.17, 15) is 13.6 Å². The zero-order chi connectivity index (χ0) is 16.4. The summed E-state index contributed by atoms with van der Waals surface area (Å²) in [6, 6.07) is 16.7. The van der Waals surface area contributed by atoms with Gasteiger partial charge in [0.25, 0.3) is 5.91 Å². The molecular weight excluding hydrogens is 296 g/mol. The van der Waals surface area contributed by atoms with Crippen molar-refractivity contribution in [3.63, 3.8) is 0 Å². The minimum atomic E-state index is -0.757. The maximum absolute atomic E-state index is 13.2. The molecule has 0 atom stereocenters. The van der Waals surface area contributed by atoms with Crippen LogP contribution < -0.4 is 0 Å². The lowest BCUT2D eigenvalue weighted by atomic mass is 10.1. The molecule has 0 aliphatic heterocycles. The zero-order valence-electron chi connectivity index (χ0n) is 12.6. The Balaban J connectivity index is 1.81. The molecule has 0 N–H and O–H groups in total. The summed E-state index contributed by atoms with van der Waals surface area (Å²) in [7, 11) is 1.61. The van der Waals surface area contributed by atoms with Crippen molar-refractivity contribution in [1.29, 1.82) is 0 Å². The van der Waals surface area contributed by atoms with Gasteiger partial charge in [-0.05, 0) is 34.5 Å². The molecular formula is C19H15F2NO. The Morgan fingerprint density at radius 3 is 2.26 bits per heavy atom. The maximum Gasteiger partial charge on any atom is 0.254 e. The van der Waals surface area contributed by atoms with E-state index in [-0.39, 0.29) is 5.56 Å². The number of fused-ring (bicyclic) bond motifs is 1. The molecule has 2 nitrogen and oxygen atoms in total. The molecule has 0 unspecified atom stereocenters. The average Bonchev–Trinajstić information content (AvgIpc) is 2.53. The SMILES string of the molecule is CN(Cc1ccc2ccccc2c1)C(=O)c1cc(F)cc(F)c1. The Labute approximate surface area is 133 Å². The fourth-order valence-corrected chi connectivity index (χ4v) is 2.58. The van der Waals surface area contributed by atoms with E-state index in [1.807, 2.05) is 42.5 Å². The smallest absolute Gasteiger partial charge is 0.254 e. The van der Waals surface area contributed by atoms with Crippen LogP contribution >= 0.6 is 0 Å². The van der Waals surface area contributed by atoms with Crippen LogP contribution in [0.5, 0.6) is 0 Å². The average molecular weight is 311 g/mol. The van der Waals surface area contributed by atoms with Gasteiger partial charge in [-0.3, -0.25) is 4.79 Å². The number of carbonyl (C=O) groups excluding carboxylic acids is 1. The summed E-state index contributed by atoms with van der Waals surface area (Å²) in [6.45, 7) is 0.363. The second-order valence-corrected chi connectivity index (χ2v) is 5.50. The van der Waals surface area contributed by atoms with Gasteiger partial charge in [0.15, 0.2) is 0 Å². The molecule has 3 aromatic carbocycles. The van der Waals surface area contributed by atoms with E-state index < -0.39 is 17.5 Å². The number of hydrogen-bond acceptors (Lipinski definition) is 1. The number of hydrogen-bond donors (Lipinski definition) is 0. The van der Waals surface area contributed by atoms with Gasteiger partial charge in [-0.1, -0.05) is 36.4 Å². The second kappa shape index (κ2) is 6.16. The van der Waals surface area contributed by atoms with Crippen LogP contribution in [0.15, 0.2) is 60.7 Å². The van der Waals surface area contributed by atoms with Crippen LogP contribution in [-0.2, 0) is 6.54 Å². The van der Waals surface area contributed by atoms with Gasteiger partial charge in [0.05, 0.1) is 0 Å². The highest BCUT2D eigenvalue weighted by molar-refractivity contribution is 5.94. The quantitative estimate of drug-likeness (QED) is 0.702. The molecule has 0 aliphatic carbocycles.